The normalized spacial score (nSPS) is 8.70. The zero-order valence-electron chi connectivity index (χ0n) is 8.79. The maximum Gasteiger partial charge on any atom is 0 e. The van der Waals surface area contributed by atoms with E-state index in [2.05, 4.69) is 68.1 Å². The molecule has 0 aromatic rings. The first-order chi connectivity index (χ1) is 8.81. The molecule has 0 amide bonds. The molecule has 20 heavy (non-hydrogen) atoms. The molecule has 1 atom stereocenters. The molecule has 0 bridgehead atoms. The summed E-state index contributed by atoms with van der Waals surface area (Å²) < 4.78 is 58.2. The number of halogens is 5. The van der Waals surface area contributed by atoms with E-state index in [-0.39, 0.29) is 17.4 Å². The largest absolute Gasteiger partial charge is 0 e. The molecule has 1 unspecified atom stereocenters. The molecule has 108 valence electrons. The zero-order valence-corrected chi connectivity index (χ0v) is 12.3. The van der Waals surface area contributed by atoms with Crippen LogP contribution < -0.4 is 0 Å². The third-order valence-corrected chi connectivity index (χ3v) is 1.52. The third-order valence-electron chi connectivity index (χ3n) is 0.481. The smallest absolute Gasteiger partial charge is 0 e. The Morgan fingerprint density at radius 2 is 0.850 bits per heavy atom. The molecular weight excluding hydrogens is 386 g/mol. The minimum Gasteiger partial charge on any atom is 0 e. The van der Waals surface area contributed by atoms with E-state index in [1.807, 2.05) is 4.85 Å². The molecule has 0 aliphatic rings. The third kappa shape index (κ3) is 36.0. The number of nitrogens with zero attached hydrogens (tertiary/aromatic N) is 1. The Morgan fingerprint density at radius 1 is 0.700 bits per heavy atom. The van der Waals surface area contributed by atoms with Gasteiger partial charge in [-0.05, 0) is 0 Å². The van der Waals surface area contributed by atoms with Crippen LogP contribution in [0.3, 0.4) is 0 Å². The van der Waals surface area contributed by atoms with Crippen molar-refractivity contribution in [2.45, 2.75) is 9.84 Å². The van der Waals surface area contributed by atoms with Gasteiger partial charge in [0.05, 0.1) is 0 Å². The molecule has 0 radical (unpaired) electrons. The van der Waals surface area contributed by atoms with Gasteiger partial charge >= 0.3 is 66.4 Å². The second-order valence-corrected chi connectivity index (χ2v) is 2.89. The van der Waals surface area contributed by atoms with Crippen molar-refractivity contribution in [1.29, 1.82) is 0 Å². The van der Waals surface area contributed by atoms with Gasteiger partial charge < -0.3 is 0 Å². The number of hydrogen-bond acceptors (Lipinski definition) is 0. The summed E-state index contributed by atoms with van der Waals surface area (Å²) in [6.45, 7) is 28.5. The van der Waals surface area contributed by atoms with Crippen LogP contribution in [0, 0.1) is 39.8 Å². The van der Waals surface area contributed by atoms with Crippen LogP contribution in [-0.2, 0) is 40.6 Å². The van der Waals surface area contributed by atoms with E-state index >= 15 is 0 Å². The van der Waals surface area contributed by atoms with E-state index in [1.165, 1.54) is 0 Å². The van der Waals surface area contributed by atoms with Crippen LogP contribution in [0.15, 0.2) is 0 Å². The van der Waals surface area contributed by atoms with Gasteiger partial charge in [-0.1, -0.05) is 23.2 Å². The van der Waals surface area contributed by atoms with Gasteiger partial charge in [0.25, 0.3) is 0 Å². The summed E-state index contributed by atoms with van der Waals surface area (Å²) in [6, 6.07) is 0. The van der Waals surface area contributed by atoms with Crippen molar-refractivity contribution in [2.75, 3.05) is 0 Å². The number of rotatable bonds is 1. The molecule has 0 saturated carbocycles. The van der Waals surface area contributed by atoms with Gasteiger partial charge in [0, 0.05) is 29.0 Å². The molecule has 0 aliphatic heterocycles. The zero-order chi connectivity index (χ0) is 17.7. The van der Waals surface area contributed by atoms with Crippen LogP contribution in [-0.4, -0.2) is 9.84 Å². The van der Waals surface area contributed by atoms with Crippen LogP contribution in [0.2, 0.25) is 0 Å². The molecule has 0 aliphatic carbocycles. The van der Waals surface area contributed by atoms with Gasteiger partial charge in [-0.3, -0.25) is 4.85 Å². The van der Waals surface area contributed by atoms with Gasteiger partial charge in [-0.25, -0.2) is 6.57 Å². The minimum absolute atomic E-state index is 0. The second-order valence-electron chi connectivity index (χ2n) is 1.15. The average molecular weight is 386 g/mol. The summed E-state index contributed by atoms with van der Waals surface area (Å²) in [6.07, 6.45) is 0. The molecule has 0 fully saturated rings. The summed E-state index contributed by atoms with van der Waals surface area (Å²) in [5, 5.41) is -3.39. The first-order valence-electron chi connectivity index (χ1n) is 2.66. The van der Waals surface area contributed by atoms with Crippen LogP contribution in [0.1, 0.15) is 0 Å². The van der Waals surface area contributed by atoms with E-state index in [0.717, 1.165) is 0 Å². The van der Waals surface area contributed by atoms with E-state index < -0.39 is 9.84 Å². The Balaban J connectivity index is -0.0000000261. The molecule has 0 N–H and O–H groups in total. The topological polar surface area (TPSA) is 104 Å². The predicted molar refractivity (Wildman–Crippen MR) is 51.5 cm³/mol. The van der Waals surface area contributed by atoms with Gasteiger partial charge in [-0.15, -0.1) is 4.39 Å². The average Bonchev–Trinajstić information content (AvgIpc) is 2.48. The van der Waals surface area contributed by atoms with Crippen molar-refractivity contribution < 1.29 is 49.4 Å². The van der Waals surface area contributed by atoms with E-state index in [9.17, 15) is 8.78 Å². The number of hydrogen-bond donors (Lipinski definition) is 0. The van der Waals surface area contributed by atoms with Gasteiger partial charge in [0.1, 0.15) is 0 Å². The van der Waals surface area contributed by atoms with Crippen molar-refractivity contribution in [3.8, 4) is 0 Å². The molecule has 0 saturated heterocycles. The van der Waals surface area contributed by atoms with E-state index in [4.69, 9.17) is 29.8 Å². The molecule has 0 heterocycles. The molecule has 0 aromatic carbocycles. The standard InChI is InChI=1S/C3Cl3F2N.5CO.Cr/c1-9-3(6,8)2(4,5)7;5*1-2;. The summed E-state index contributed by atoms with van der Waals surface area (Å²) in [5.74, 6) is 0. The Labute approximate surface area is 138 Å². The van der Waals surface area contributed by atoms with Crippen molar-refractivity contribution in [3.63, 3.8) is 0 Å². The molecule has 6 nitrogen and oxygen atoms in total. The Bertz CT molecular complexity index is 295. The fraction of sp³-hybridized carbons (Fsp3) is 0.250. The Morgan fingerprint density at radius 3 is 0.850 bits per heavy atom. The van der Waals surface area contributed by atoms with Crippen molar-refractivity contribution >= 4 is 34.8 Å². The molecule has 12 heteroatoms. The summed E-state index contributed by atoms with van der Waals surface area (Å²) in [7, 11) is 0. The first-order valence-corrected chi connectivity index (χ1v) is 3.80. The van der Waals surface area contributed by atoms with Crippen LogP contribution in [0.25, 0.3) is 4.85 Å². The number of alkyl halides is 5. The van der Waals surface area contributed by atoms with Crippen LogP contribution in [0.5, 0.6) is 0 Å². The van der Waals surface area contributed by atoms with E-state index in [0.29, 0.717) is 0 Å². The summed E-state index contributed by atoms with van der Waals surface area (Å²) in [4.78, 5) is 2.00. The Kier molecular flexibility index (Phi) is 77.4. The predicted octanol–water partition coefficient (Wildman–Crippen LogP) is 2.68. The van der Waals surface area contributed by atoms with Gasteiger partial charge in [-0.2, -0.15) is 4.39 Å². The van der Waals surface area contributed by atoms with Gasteiger partial charge in [0.15, 0.2) is 0 Å². The molecule has 0 spiro atoms. The Hall–Kier alpha value is -0.548. The molecule has 0 rings (SSSR count). The van der Waals surface area contributed by atoms with Crippen molar-refractivity contribution in [2.24, 2.45) is 0 Å². The monoisotopic (exact) mass is 385 g/mol. The van der Waals surface area contributed by atoms with Crippen LogP contribution in [0.4, 0.5) is 8.78 Å². The minimum atomic E-state index is -3.39. The quantitative estimate of drug-likeness (QED) is 0.286. The van der Waals surface area contributed by atoms with Crippen LogP contribution >= 0.6 is 34.8 Å². The van der Waals surface area contributed by atoms with Crippen molar-refractivity contribution in [1.82, 2.24) is 0 Å². The van der Waals surface area contributed by atoms with Gasteiger partial charge in [0.2, 0.25) is 0 Å². The maximum absolute atomic E-state index is 12.1. The van der Waals surface area contributed by atoms with E-state index in [1.54, 1.807) is 0 Å². The molecular formula is C8Cl3CrF2NO5. The molecule has 0 aromatic heterocycles. The fourth-order valence-corrected chi connectivity index (χ4v) is 0.148. The summed E-state index contributed by atoms with van der Waals surface area (Å²) >= 11 is 13.5. The summed E-state index contributed by atoms with van der Waals surface area (Å²) in [5.41, 5.74) is 0. The second kappa shape index (κ2) is 36.2. The van der Waals surface area contributed by atoms with Crippen molar-refractivity contribution in [3.05, 3.63) is 44.7 Å². The fourth-order valence-electron chi connectivity index (χ4n) is 0.0634. The maximum atomic E-state index is 12.1. The SMILES string of the molecule is [C-]#[N+]C(F)(Cl)C(F)(Cl)Cl.[C-]#[O+].[C-]#[O+].[C-]#[O+].[C-]#[O+].[C-]#[O+].[Cr]. The first kappa shape index (κ1) is 42.7.